The summed E-state index contributed by atoms with van der Waals surface area (Å²) in [7, 11) is 0. The summed E-state index contributed by atoms with van der Waals surface area (Å²) in [5.74, 6) is 2.15. The third-order valence-corrected chi connectivity index (χ3v) is 7.31. The molecule has 1 amide bonds. The molecule has 1 aromatic heterocycles. The number of amides is 1. The fourth-order valence-electron chi connectivity index (χ4n) is 4.34. The number of aliphatic carboxylic acids is 1. The molecule has 38 heavy (non-hydrogen) atoms. The highest BCUT2D eigenvalue weighted by atomic mass is 32.2. The quantitative estimate of drug-likeness (QED) is 0.213. The van der Waals surface area contributed by atoms with E-state index >= 15 is 0 Å². The van der Waals surface area contributed by atoms with Crippen molar-refractivity contribution in [1.82, 2.24) is 5.32 Å². The monoisotopic (exact) mass is 537 g/mol. The predicted octanol–water partition coefficient (Wildman–Crippen LogP) is 7.20. The summed E-state index contributed by atoms with van der Waals surface area (Å²) in [6.07, 6.45) is 2.77. The van der Waals surface area contributed by atoms with Crippen LogP contribution in [-0.4, -0.2) is 34.5 Å². The molecule has 0 aliphatic carbocycles. The van der Waals surface area contributed by atoms with Crippen molar-refractivity contribution in [1.29, 1.82) is 0 Å². The van der Waals surface area contributed by atoms with Gasteiger partial charge in [-0.25, -0.2) is 4.79 Å². The summed E-state index contributed by atoms with van der Waals surface area (Å²) in [5, 5.41) is 12.2. The van der Waals surface area contributed by atoms with E-state index in [9.17, 15) is 14.7 Å². The Balaban J connectivity index is 1.89. The fraction of sp³-hybridized carbons (Fsp3) is 0.419. The second-order valence-electron chi connectivity index (χ2n) is 9.36. The molecule has 0 fully saturated rings. The molecule has 2 atom stereocenters. The van der Waals surface area contributed by atoms with Crippen LogP contribution in [0.15, 0.2) is 59.0 Å². The Morgan fingerprint density at radius 2 is 1.82 bits per heavy atom. The molecule has 204 valence electrons. The predicted molar refractivity (Wildman–Crippen MR) is 154 cm³/mol. The van der Waals surface area contributed by atoms with Gasteiger partial charge in [-0.1, -0.05) is 57.5 Å². The summed E-state index contributed by atoms with van der Waals surface area (Å²) in [6, 6.07) is 16.6. The summed E-state index contributed by atoms with van der Waals surface area (Å²) < 4.78 is 12.4. The number of nitrogens with one attached hydrogen (secondary N) is 1. The van der Waals surface area contributed by atoms with Gasteiger partial charge in [0.1, 0.15) is 23.7 Å². The summed E-state index contributed by atoms with van der Waals surface area (Å²) in [5.41, 5.74) is 4.08. The smallest absolute Gasteiger partial charge is 0.326 e. The van der Waals surface area contributed by atoms with E-state index in [1.54, 1.807) is 17.8 Å². The van der Waals surface area contributed by atoms with Gasteiger partial charge in [0.25, 0.3) is 5.91 Å². The average molecular weight is 538 g/mol. The van der Waals surface area contributed by atoms with Crippen LogP contribution in [0.25, 0.3) is 11.1 Å². The number of rotatable bonds is 15. The third kappa shape index (κ3) is 7.98. The Bertz CT molecular complexity index is 1200. The summed E-state index contributed by atoms with van der Waals surface area (Å²) in [4.78, 5) is 24.9. The average Bonchev–Trinajstić information content (AvgIpc) is 3.37. The third-order valence-electron chi connectivity index (χ3n) is 6.37. The Hall–Kier alpha value is -3.03. The van der Waals surface area contributed by atoms with Crippen LogP contribution in [0, 0.1) is 6.92 Å². The van der Waals surface area contributed by atoms with Crippen molar-refractivity contribution in [3.05, 3.63) is 82.8 Å². The van der Waals surface area contributed by atoms with Crippen molar-refractivity contribution in [3.8, 4) is 11.1 Å². The van der Waals surface area contributed by atoms with Crippen molar-refractivity contribution in [2.24, 2.45) is 0 Å². The van der Waals surface area contributed by atoms with Gasteiger partial charge in [-0.2, -0.15) is 11.8 Å². The molecule has 1 heterocycles. The highest BCUT2D eigenvalue weighted by molar-refractivity contribution is 7.99. The second kappa shape index (κ2) is 14.8. The Kier molecular flexibility index (Phi) is 11.5. The summed E-state index contributed by atoms with van der Waals surface area (Å²) >= 11 is 1.80. The SMILES string of the molecule is CCCc1ccc(C(CSCC)OCc2ccc(C(=O)NC(CCC)C(=O)O)c(-c3ccccc3C)c2)o1. The maximum absolute atomic E-state index is 13.3. The van der Waals surface area contributed by atoms with Crippen LogP contribution in [0.1, 0.15) is 79.1 Å². The van der Waals surface area contributed by atoms with Gasteiger partial charge in [0.05, 0.1) is 6.61 Å². The zero-order valence-electron chi connectivity index (χ0n) is 22.8. The topological polar surface area (TPSA) is 88.8 Å². The highest BCUT2D eigenvalue weighted by Gasteiger charge is 2.23. The van der Waals surface area contributed by atoms with E-state index in [2.05, 4.69) is 19.2 Å². The number of carbonyl (C=O) groups is 2. The van der Waals surface area contributed by atoms with E-state index < -0.39 is 17.9 Å². The molecule has 2 aromatic carbocycles. The number of carbonyl (C=O) groups excluding carboxylic acids is 1. The standard InChI is InChI=1S/C31H39NO5S/c1-5-10-23-15-17-28(37-23)29(20-38-7-3)36-19-22-14-16-25(30(33)32-27(11-6-2)31(34)35)26(18-22)24-13-9-8-12-21(24)4/h8-9,12-18,27,29H,5-7,10-11,19-20H2,1-4H3,(H,32,33)(H,34,35). The molecule has 6 nitrogen and oxygen atoms in total. The Morgan fingerprint density at radius 1 is 1.03 bits per heavy atom. The lowest BCUT2D eigenvalue weighted by Gasteiger charge is -2.19. The summed E-state index contributed by atoms with van der Waals surface area (Å²) in [6.45, 7) is 8.51. The minimum Gasteiger partial charge on any atom is -0.480 e. The number of carboxylic acids is 1. The molecular formula is C31H39NO5S. The molecule has 2 unspecified atom stereocenters. The number of hydrogen-bond donors (Lipinski definition) is 2. The Labute approximate surface area is 230 Å². The van der Waals surface area contributed by atoms with E-state index in [1.807, 2.05) is 62.4 Å². The van der Waals surface area contributed by atoms with Gasteiger partial charge in [-0.05, 0) is 72.0 Å². The zero-order chi connectivity index (χ0) is 27.5. The van der Waals surface area contributed by atoms with Gasteiger partial charge in [0, 0.05) is 17.7 Å². The van der Waals surface area contributed by atoms with Gasteiger partial charge in [0.15, 0.2) is 0 Å². The van der Waals surface area contributed by atoms with Gasteiger partial charge >= 0.3 is 5.97 Å². The Morgan fingerprint density at radius 3 is 2.50 bits per heavy atom. The highest BCUT2D eigenvalue weighted by Crippen LogP contribution is 2.30. The molecule has 0 bridgehead atoms. The van der Waals surface area contributed by atoms with Crippen LogP contribution < -0.4 is 5.32 Å². The molecule has 0 spiro atoms. The zero-order valence-corrected chi connectivity index (χ0v) is 23.6. The molecule has 3 rings (SSSR count). The van der Waals surface area contributed by atoms with Crippen LogP contribution in [0.3, 0.4) is 0 Å². The maximum Gasteiger partial charge on any atom is 0.326 e. The van der Waals surface area contributed by atoms with Crippen LogP contribution in [0.2, 0.25) is 0 Å². The van der Waals surface area contributed by atoms with Gasteiger partial charge in [-0.15, -0.1) is 0 Å². The molecule has 0 saturated heterocycles. The minimum atomic E-state index is -1.03. The lowest BCUT2D eigenvalue weighted by Crippen LogP contribution is -2.40. The molecule has 2 N–H and O–H groups in total. The van der Waals surface area contributed by atoms with E-state index in [4.69, 9.17) is 9.15 Å². The molecule has 0 saturated carbocycles. The van der Waals surface area contributed by atoms with Crippen LogP contribution in [0.4, 0.5) is 0 Å². The van der Waals surface area contributed by atoms with Crippen molar-refractivity contribution >= 4 is 23.6 Å². The van der Waals surface area contributed by atoms with Crippen molar-refractivity contribution < 1.29 is 23.8 Å². The fourth-order valence-corrected chi connectivity index (χ4v) is 5.05. The lowest BCUT2D eigenvalue weighted by molar-refractivity contribution is -0.139. The first-order valence-corrected chi connectivity index (χ1v) is 14.5. The normalized spacial score (nSPS) is 12.7. The van der Waals surface area contributed by atoms with E-state index in [1.165, 1.54) is 0 Å². The largest absolute Gasteiger partial charge is 0.480 e. The molecule has 0 aliphatic heterocycles. The number of thioether (sulfide) groups is 1. The first-order valence-electron chi connectivity index (χ1n) is 13.4. The first kappa shape index (κ1) is 29.5. The van der Waals surface area contributed by atoms with E-state index in [-0.39, 0.29) is 6.10 Å². The van der Waals surface area contributed by atoms with Crippen molar-refractivity contribution in [2.45, 2.75) is 72.1 Å². The second-order valence-corrected chi connectivity index (χ2v) is 10.7. The number of benzene rings is 2. The number of aryl methyl sites for hydroxylation is 2. The minimum absolute atomic E-state index is 0.180. The number of hydrogen-bond acceptors (Lipinski definition) is 5. The molecular weight excluding hydrogens is 498 g/mol. The van der Waals surface area contributed by atoms with Crippen LogP contribution >= 0.6 is 11.8 Å². The van der Waals surface area contributed by atoms with E-state index in [0.29, 0.717) is 25.0 Å². The van der Waals surface area contributed by atoms with E-state index in [0.717, 1.165) is 58.1 Å². The van der Waals surface area contributed by atoms with Crippen LogP contribution in [-0.2, 0) is 22.6 Å². The van der Waals surface area contributed by atoms with Gasteiger partial charge < -0.3 is 19.6 Å². The van der Waals surface area contributed by atoms with Crippen LogP contribution in [0.5, 0.6) is 0 Å². The van der Waals surface area contributed by atoms with Crippen molar-refractivity contribution in [3.63, 3.8) is 0 Å². The number of ether oxygens (including phenoxy) is 1. The maximum atomic E-state index is 13.3. The molecule has 0 aliphatic rings. The molecule has 7 heteroatoms. The first-order chi connectivity index (χ1) is 18.4. The van der Waals surface area contributed by atoms with Gasteiger partial charge in [-0.3, -0.25) is 4.79 Å². The lowest BCUT2D eigenvalue weighted by atomic mass is 9.93. The molecule has 0 radical (unpaired) electrons. The molecule has 3 aromatic rings. The van der Waals surface area contributed by atoms with Crippen molar-refractivity contribution in [2.75, 3.05) is 11.5 Å². The van der Waals surface area contributed by atoms with Gasteiger partial charge in [0.2, 0.25) is 0 Å². The number of furan rings is 1. The number of carboxylic acid groups (broad SMARTS) is 1.